The molecular formula is C28H54NNa2O9P. The third kappa shape index (κ3) is 43.4. The molecule has 0 bridgehead atoms. The van der Waals surface area contributed by atoms with Crippen LogP contribution >= 0.6 is 7.82 Å². The summed E-state index contributed by atoms with van der Waals surface area (Å²) >= 11 is 0. The molecule has 1 amide bonds. The van der Waals surface area contributed by atoms with E-state index in [1.54, 1.807) is 0 Å². The molecule has 0 rings (SSSR count). The first-order valence-electron chi connectivity index (χ1n) is 12.4. The molecular weight excluding hydrogens is 571 g/mol. The van der Waals surface area contributed by atoms with Gasteiger partial charge < -0.3 is 33.5 Å². The van der Waals surface area contributed by atoms with Crippen molar-refractivity contribution >= 4 is 19.7 Å². The van der Waals surface area contributed by atoms with E-state index in [1.165, 1.54) is 39.0 Å². The van der Waals surface area contributed by atoms with Crippen molar-refractivity contribution < 1.29 is 115 Å². The van der Waals surface area contributed by atoms with Gasteiger partial charge in [-0.2, -0.15) is 0 Å². The van der Waals surface area contributed by atoms with Crippen LogP contribution in [0.25, 0.3) is 0 Å². The van der Waals surface area contributed by atoms with Gasteiger partial charge >= 0.3 is 65.1 Å². The first kappa shape index (κ1) is 46.7. The van der Waals surface area contributed by atoms with E-state index in [-0.39, 0.29) is 90.9 Å². The molecule has 0 saturated carbocycles. The van der Waals surface area contributed by atoms with E-state index in [0.717, 1.165) is 19.3 Å². The number of terminal acetylenes is 1. The van der Waals surface area contributed by atoms with Crippen LogP contribution in [-0.4, -0.2) is 43.1 Å². The van der Waals surface area contributed by atoms with Crippen molar-refractivity contribution in [2.75, 3.05) is 20.0 Å². The van der Waals surface area contributed by atoms with Crippen LogP contribution in [-0.2, 0) is 28.2 Å². The number of hydrogen-bond donors (Lipinski definition) is 2. The molecule has 0 unspecified atom stereocenters. The van der Waals surface area contributed by atoms with E-state index >= 15 is 0 Å². The van der Waals surface area contributed by atoms with Gasteiger partial charge in [0.1, 0.15) is 12.9 Å². The van der Waals surface area contributed by atoms with Crippen LogP contribution in [0, 0.1) is 59.8 Å². The summed E-state index contributed by atoms with van der Waals surface area (Å²) in [5.74, 6) is 18.0. The summed E-state index contributed by atoms with van der Waals surface area (Å²) in [6.07, 6.45) is 14.1. The average molecular weight is 626 g/mol. The number of rotatable bonds is 17. The zero-order valence-corrected chi connectivity index (χ0v) is 29.4. The molecule has 232 valence electrons. The molecule has 0 spiro atoms. The predicted molar refractivity (Wildman–Crippen MR) is 161 cm³/mol. The van der Waals surface area contributed by atoms with Gasteiger partial charge in [0.2, 0.25) is 5.91 Å². The van der Waals surface area contributed by atoms with Gasteiger partial charge in [0.25, 0.3) is 0 Å². The van der Waals surface area contributed by atoms with Crippen LogP contribution in [0.2, 0.25) is 0 Å². The summed E-state index contributed by atoms with van der Waals surface area (Å²) in [5.41, 5.74) is 0. The molecule has 0 saturated heterocycles. The van der Waals surface area contributed by atoms with Gasteiger partial charge in [-0.1, -0.05) is 58.3 Å². The van der Waals surface area contributed by atoms with E-state index in [4.69, 9.17) is 16.3 Å². The van der Waals surface area contributed by atoms with Gasteiger partial charge in [0.15, 0.2) is 0 Å². The largest absolute Gasteiger partial charge is 1.00 e. The molecule has 0 aliphatic heterocycles. The van der Waals surface area contributed by atoms with Gasteiger partial charge in [-0.25, -0.2) is 0 Å². The Balaban J connectivity index is -0.0000000444. The number of amides is 1. The summed E-state index contributed by atoms with van der Waals surface area (Å²) in [7, 11) is -5.15. The molecule has 10 nitrogen and oxygen atoms in total. The first-order chi connectivity index (χ1) is 18.7. The van der Waals surface area contributed by atoms with E-state index < -0.39 is 33.3 Å². The van der Waals surface area contributed by atoms with E-state index in [2.05, 4.69) is 74.9 Å². The number of phosphoric ester groups is 1. The van der Waals surface area contributed by atoms with E-state index in [0.29, 0.717) is 6.42 Å². The monoisotopic (exact) mass is 625 g/mol. The molecule has 0 radical (unpaired) electrons. The van der Waals surface area contributed by atoms with Crippen molar-refractivity contribution in [1.82, 2.24) is 5.32 Å². The van der Waals surface area contributed by atoms with Gasteiger partial charge in [0, 0.05) is 55.9 Å². The Hall–Kier alpha value is -1.23. The van der Waals surface area contributed by atoms with E-state index in [9.17, 15) is 23.9 Å². The van der Waals surface area contributed by atoms with Crippen molar-refractivity contribution in [2.24, 2.45) is 0 Å². The zero-order valence-electron chi connectivity index (χ0n) is 24.5. The standard InChI is InChI=1S/C16H33O8P.C12H5NO.2Na.9H2/c1-2-3-4-5-6-7-8-9-10-11-16(18)24-15(12-22-14-17)13-23-25(19,20)21;1-3-4-5-6-7-8-9-10-11-13-12(2)14;;;;;;;;;;;/h15,17H,2-14H2,1H3,(H2,19,20,21);1H,2H3,(H,13,14);;;9*1H/q;;2*+1;;;;;;;;;/p-2/t15-;;;;;;;;;;;;/m0............/s1. The molecule has 0 aliphatic rings. The number of phosphoric acid groups is 1. The van der Waals surface area contributed by atoms with E-state index in [1.807, 2.05) is 0 Å². The number of nitrogens with one attached hydrogen (secondary N) is 1. The molecule has 0 heterocycles. The molecule has 41 heavy (non-hydrogen) atoms. The third-order valence-corrected chi connectivity index (χ3v) is 4.81. The van der Waals surface area contributed by atoms with Gasteiger partial charge in [-0.05, 0) is 30.1 Å². The number of aliphatic hydroxyl groups excluding tert-OH is 1. The average Bonchev–Trinajstić information content (AvgIpc) is 2.88. The van der Waals surface area contributed by atoms with Gasteiger partial charge in [-0.15, -0.1) is 6.42 Å². The quantitative estimate of drug-likeness (QED) is 0.0342. The Morgan fingerprint density at radius 1 is 0.902 bits per heavy atom. The summed E-state index contributed by atoms with van der Waals surface area (Å²) < 4.78 is 24.2. The summed E-state index contributed by atoms with van der Waals surface area (Å²) in [6, 6.07) is 2.33. The molecule has 13 heteroatoms. The summed E-state index contributed by atoms with van der Waals surface area (Å²) in [5, 5.41) is 10.8. The Bertz CT molecular complexity index is 1080. The minimum absolute atomic E-state index is 0. The number of unbranched alkanes of at least 4 members (excludes halogenated alkanes) is 8. The number of hydrogen-bond acceptors (Lipinski definition) is 9. The van der Waals surface area contributed by atoms with Crippen LogP contribution in [0.5, 0.6) is 0 Å². The zero-order chi connectivity index (χ0) is 29.6. The molecule has 0 aromatic carbocycles. The van der Waals surface area contributed by atoms with Crippen molar-refractivity contribution in [1.29, 1.82) is 0 Å². The minimum Gasteiger partial charge on any atom is -0.790 e. The summed E-state index contributed by atoms with van der Waals surface area (Å²) in [4.78, 5) is 43.0. The van der Waals surface area contributed by atoms with Crippen LogP contribution in [0.15, 0.2) is 0 Å². The topological polar surface area (TPSA) is 157 Å². The van der Waals surface area contributed by atoms with Gasteiger partial charge in [0.05, 0.1) is 21.0 Å². The fraction of sp³-hybridized carbons (Fsp3) is 0.571. The van der Waals surface area contributed by atoms with Crippen LogP contribution in [0.3, 0.4) is 0 Å². The van der Waals surface area contributed by atoms with Crippen LogP contribution in [0.4, 0.5) is 0 Å². The smallest absolute Gasteiger partial charge is 0.790 e. The van der Waals surface area contributed by atoms with Crippen molar-refractivity contribution in [3.63, 3.8) is 0 Å². The van der Waals surface area contributed by atoms with Crippen molar-refractivity contribution in [3.8, 4) is 59.8 Å². The first-order valence-corrected chi connectivity index (χ1v) is 13.9. The molecule has 1 atom stereocenters. The number of esters is 1. The number of carbonyl (C=O) groups is 2. The Labute approximate surface area is 302 Å². The van der Waals surface area contributed by atoms with Crippen molar-refractivity contribution in [2.45, 2.75) is 84.2 Å². The normalized spacial score (nSPS) is 9.56. The Morgan fingerprint density at radius 3 is 1.90 bits per heavy atom. The maximum Gasteiger partial charge on any atom is 1.00 e. The molecule has 0 aliphatic carbocycles. The Morgan fingerprint density at radius 2 is 1.41 bits per heavy atom. The molecule has 0 aromatic rings. The second kappa shape index (κ2) is 35.0. The maximum atomic E-state index is 11.7. The van der Waals surface area contributed by atoms with Crippen molar-refractivity contribution in [3.05, 3.63) is 0 Å². The van der Waals surface area contributed by atoms with Crippen LogP contribution in [0.1, 0.15) is 90.9 Å². The second-order valence-electron chi connectivity index (χ2n) is 7.76. The van der Waals surface area contributed by atoms with Crippen LogP contribution < -0.4 is 74.2 Å². The fourth-order valence-electron chi connectivity index (χ4n) is 2.64. The third-order valence-electron chi connectivity index (χ3n) is 4.34. The fourth-order valence-corrected chi connectivity index (χ4v) is 2.99. The Kier molecular flexibility index (Phi) is 39.8. The van der Waals surface area contributed by atoms with Gasteiger partial charge in [-0.3, -0.25) is 14.9 Å². The second-order valence-corrected chi connectivity index (χ2v) is 8.91. The molecule has 2 N–H and O–H groups in total. The minimum atomic E-state index is -5.15. The summed E-state index contributed by atoms with van der Waals surface area (Å²) in [6.45, 7) is 2.07. The number of ether oxygens (including phenoxy) is 2. The SMILES string of the molecule is C#CC#CC#CC#CC#CNC(C)=O.CCCCCCCCCCCC(=O)O[C@@H](COCO)COP(=O)([O-])[O-].[HH].[HH].[HH].[HH].[HH].[HH].[HH].[HH].[HH].[Na+].[Na+]. The number of aliphatic hydroxyl groups is 1. The number of carbonyl (C=O) groups excluding carboxylic acids is 2. The predicted octanol–water partition coefficient (Wildman–Crippen LogP) is -2.42. The molecule has 0 fully saturated rings. The molecule has 0 aromatic heterocycles. The maximum absolute atomic E-state index is 11.7.